The molecule has 2 aromatic carbocycles. The van der Waals surface area contributed by atoms with Gasteiger partial charge >= 0.3 is 0 Å². The molecule has 0 N–H and O–H groups in total. The van der Waals surface area contributed by atoms with E-state index in [9.17, 15) is 4.79 Å². The fourth-order valence-electron chi connectivity index (χ4n) is 2.57. The molecule has 0 aromatic heterocycles. The Morgan fingerprint density at radius 1 is 0.962 bits per heavy atom. The molecule has 0 unspecified atom stereocenters. The lowest BCUT2D eigenvalue weighted by Gasteiger charge is -2.13. The molecule has 26 heavy (non-hydrogen) atoms. The van der Waals surface area contributed by atoms with E-state index in [0.29, 0.717) is 17.9 Å². The molecule has 0 saturated heterocycles. The second-order valence-corrected chi connectivity index (χ2v) is 6.78. The molecule has 0 aliphatic heterocycles. The Labute approximate surface area is 156 Å². The first-order chi connectivity index (χ1) is 12.5. The quantitative estimate of drug-likeness (QED) is 0.510. The molecule has 4 heteroatoms. The smallest absolute Gasteiger partial charge is 0.189 e. The van der Waals surface area contributed by atoms with Crippen LogP contribution in [0.25, 0.3) is 6.08 Å². The number of benzene rings is 2. The summed E-state index contributed by atoms with van der Waals surface area (Å²) in [6, 6.07) is 15.5. The van der Waals surface area contributed by atoms with Crippen LogP contribution in [0, 0.1) is 0 Å². The van der Waals surface area contributed by atoms with Crippen LogP contribution in [0.1, 0.15) is 21.5 Å². The number of hydrogen-bond acceptors (Lipinski definition) is 4. The Morgan fingerprint density at radius 3 is 2.38 bits per heavy atom. The molecule has 0 spiro atoms. The van der Waals surface area contributed by atoms with Crippen molar-refractivity contribution in [3.8, 4) is 5.75 Å². The van der Waals surface area contributed by atoms with Gasteiger partial charge in [-0.15, -0.1) is 0 Å². The molecule has 0 aliphatic carbocycles. The minimum Gasteiger partial charge on any atom is -0.491 e. The van der Waals surface area contributed by atoms with Gasteiger partial charge in [-0.3, -0.25) is 4.79 Å². The number of nitrogens with zero attached hydrogens (tertiary/aromatic N) is 2. The fraction of sp³-hybridized carbons (Fsp3) is 0.318. The summed E-state index contributed by atoms with van der Waals surface area (Å²) in [5.74, 6) is 0.579. The lowest BCUT2D eigenvalue weighted by molar-refractivity contribution is 0.104. The number of likely N-dealkylation sites (N-methyl/N-ethyl adjacent to an activating group) is 1. The van der Waals surface area contributed by atoms with Crippen LogP contribution in [0.2, 0.25) is 0 Å². The van der Waals surface area contributed by atoms with Crippen molar-refractivity contribution in [2.75, 3.05) is 41.3 Å². The molecule has 2 aromatic rings. The van der Waals surface area contributed by atoms with Crippen molar-refractivity contribution in [1.29, 1.82) is 0 Å². The van der Waals surface area contributed by atoms with Crippen LogP contribution in [0.15, 0.2) is 54.6 Å². The number of carbonyl (C=O) groups excluding carboxylic acids is 1. The maximum Gasteiger partial charge on any atom is 0.189 e. The summed E-state index contributed by atoms with van der Waals surface area (Å²) in [6.07, 6.45) is 3.51. The minimum absolute atomic E-state index is 0.0508. The Balaban J connectivity index is 2.14. The topological polar surface area (TPSA) is 32.8 Å². The van der Waals surface area contributed by atoms with E-state index in [4.69, 9.17) is 4.74 Å². The molecule has 0 aliphatic rings. The molecule has 0 atom stereocenters. The van der Waals surface area contributed by atoms with Gasteiger partial charge in [0.2, 0.25) is 0 Å². The van der Waals surface area contributed by atoms with Crippen molar-refractivity contribution < 1.29 is 9.53 Å². The Kier molecular flexibility index (Phi) is 7.57. The first-order valence-electron chi connectivity index (χ1n) is 8.79. The molecule has 0 bridgehead atoms. The summed E-state index contributed by atoms with van der Waals surface area (Å²) in [5, 5.41) is 0. The van der Waals surface area contributed by atoms with Gasteiger partial charge in [-0.05, 0) is 57.5 Å². The van der Waals surface area contributed by atoms with Crippen LogP contribution in [0.5, 0.6) is 5.75 Å². The fourth-order valence-corrected chi connectivity index (χ4v) is 2.57. The predicted molar refractivity (Wildman–Crippen MR) is 108 cm³/mol. The van der Waals surface area contributed by atoms with E-state index < -0.39 is 0 Å². The molecule has 0 amide bonds. The lowest BCUT2D eigenvalue weighted by Crippen LogP contribution is -2.20. The summed E-state index contributed by atoms with van der Waals surface area (Å²) < 4.78 is 5.79. The first-order valence-corrected chi connectivity index (χ1v) is 8.79. The molecule has 4 nitrogen and oxygen atoms in total. The maximum atomic E-state index is 12.7. The molecular formula is C22H28N2O2. The van der Waals surface area contributed by atoms with Crippen molar-refractivity contribution in [1.82, 2.24) is 9.80 Å². The summed E-state index contributed by atoms with van der Waals surface area (Å²) in [7, 11) is 8.06. The largest absolute Gasteiger partial charge is 0.491 e. The van der Waals surface area contributed by atoms with Gasteiger partial charge in [-0.1, -0.05) is 42.5 Å². The highest BCUT2D eigenvalue weighted by atomic mass is 16.5. The average molecular weight is 352 g/mol. The SMILES string of the molecule is CN(C)CCOc1ccccc1C(=O)C=Cc1ccccc1CN(C)C. The monoisotopic (exact) mass is 352 g/mol. The molecule has 0 fully saturated rings. The Hall–Kier alpha value is -2.43. The summed E-state index contributed by atoms with van der Waals surface area (Å²) >= 11 is 0. The Bertz CT molecular complexity index is 751. The van der Waals surface area contributed by atoms with E-state index in [1.807, 2.05) is 81.6 Å². The molecular weight excluding hydrogens is 324 g/mol. The number of ether oxygens (including phenoxy) is 1. The maximum absolute atomic E-state index is 12.7. The highest BCUT2D eigenvalue weighted by Crippen LogP contribution is 2.20. The van der Waals surface area contributed by atoms with Crippen molar-refractivity contribution in [3.63, 3.8) is 0 Å². The van der Waals surface area contributed by atoms with Crippen LogP contribution in [-0.2, 0) is 6.54 Å². The van der Waals surface area contributed by atoms with Crippen LogP contribution in [-0.4, -0.2) is 56.9 Å². The second-order valence-electron chi connectivity index (χ2n) is 6.78. The van der Waals surface area contributed by atoms with Crippen molar-refractivity contribution >= 4 is 11.9 Å². The number of rotatable bonds is 9. The van der Waals surface area contributed by atoms with Crippen molar-refractivity contribution in [2.24, 2.45) is 0 Å². The summed E-state index contributed by atoms with van der Waals surface area (Å²) in [6.45, 7) is 2.18. The third-order valence-corrected chi connectivity index (χ3v) is 3.90. The summed E-state index contributed by atoms with van der Waals surface area (Å²) in [4.78, 5) is 16.8. The molecule has 138 valence electrons. The van der Waals surface area contributed by atoms with Crippen LogP contribution in [0.4, 0.5) is 0 Å². The minimum atomic E-state index is -0.0508. The van der Waals surface area contributed by atoms with Crippen molar-refractivity contribution in [2.45, 2.75) is 6.54 Å². The summed E-state index contributed by atoms with van der Waals surface area (Å²) in [5.41, 5.74) is 2.84. The van der Waals surface area contributed by atoms with Crippen LogP contribution in [0.3, 0.4) is 0 Å². The van der Waals surface area contributed by atoms with Crippen LogP contribution < -0.4 is 4.74 Å². The van der Waals surface area contributed by atoms with Crippen molar-refractivity contribution in [3.05, 3.63) is 71.3 Å². The zero-order valence-corrected chi connectivity index (χ0v) is 16.1. The van der Waals surface area contributed by atoms with Gasteiger partial charge in [0, 0.05) is 13.1 Å². The van der Waals surface area contributed by atoms with E-state index in [2.05, 4.69) is 11.0 Å². The zero-order chi connectivity index (χ0) is 18.9. The van der Waals surface area contributed by atoms with E-state index in [-0.39, 0.29) is 5.78 Å². The van der Waals surface area contributed by atoms with Gasteiger partial charge in [0.1, 0.15) is 12.4 Å². The highest BCUT2D eigenvalue weighted by Gasteiger charge is 2.10. The van der Waals surface area contributed by atoms with E-state index in [1.54, 1.807) is 6.08 Å². The normalized spacial score (nSPS) is 11.5. The van der Waals surface area contributed by atoms with Gasteiger partial charge in [0.15, 0.2) is 5.78 Å². The van der Waals surface area contributed by atoms with E-state index >= 15 is 0 Å². The van der Waals surface area contributed by atoms with E-state index in [0.717, 1.165) is 18.7 Å². The third-order valence-electron chi connectivity index (χ3n) is 3.90. The van der Waals surface area contributed by atoms with E-state index in [1.165, 1.54) is 5.56 Å². The number of hydrogen-bond donors (Lipinski definition) is 0. The molecule has 0 radical (unpaired) electrons. The molecule has 2 rings (SSSR count). The second kappa shape index (κ2) is 9.90. The van der Waals surface area contributed by atoms with Gasteiger partial charge < -0.3 is 14.5 Å². The number of allylic oxidation sites excluding steroid dienone is 1. The number of ketones is 1. The Morgan fingerprint density at radius 2 is 1.65 bits per heavy atom. The standard InChI is InChI=1S/C22H28N2O2/c1-23(2)15-16-26-22-12-8-7-11-20(22)21(25)14-13-18-9-5-6-10-19(18)17-24(3)4/h5-14H,15-17H2,1-4H3. The van der Waals surface area contributed by atoms with Gasteiger partial charge in [0.05, 0.1) is 5.56 Å². The van der Waals surface area contributed by atoms with Crippen LogP contribution >= 0.6 is 0 Å². The number of para-hydroxylation sites is 1. The van der Waals surface area contributed by atoms with Gasteiger partial charge in [-0.2, -0.15) is 0 Å². The predicted octanol–water partition coefficient (Wildman–Crippen LogP) is 3.58. The van der Waals surface area contributed by atoms with Gasteiger partial charge in [0.25, 0.3) is 0 Å². The molecule has 0 saturated carbocycles. The number of carbonyl (C=O) groups is 1. The first kappa shape index (κ1) is 19.9. The molecule has 0 heterocycles. The highest BCUT2D eigenvalue weighted by molar-refractivity contribution is 6.08. The van der Waals surface area contributed by atoms with Gasteiger partial charge in [-0.25, -0.2) is 0 Å². The zero-order valence-electron chi connectivity index (χ0n) is 16.1. The lowest BCUT2D eigenvalue weighted by atomic mass is 10.0. The average Bonchev–Trinajstić information content (AvgIpc) is 2.60. The third kappa shape index (κ3) is 6.14.